The molecule has 0 fully saturated rings. The van der Waals surface area contributed by atoms with Crippen LogP contribution in [0, 0.1) is 0 Å². The minimum atomic E-state index is -0.990. The van der Waals surface area contributed by atoms with Gasteiger partial charge in [-0.2, -0.15) is 0 Å². The SMILES string of the molecule is Nc1ccc2c(c1)C1(C(=O)O)CC2c2ccc(Cl)cc21. The number of fused-ring (bicyclic) bond motifs is 8. The normalized spacial score (nSPS) is 25.4. The van der Waals surface area contributed by atoms with E-state index in [1.807, 2.05) is 24.3 Å². The van der Waals surface area contributed by atoms with E-state index in [9.17, 15) is 9.90 Å². The highest BCUT2D eigenvalue weighted by molar-refractivity contribution is 6.30. The lowest BCUT2D eigenvalue weighted by Gasteiger charge is -2.27. The van der Waals surface area contributed by atoms with Gasteiger partial charge in [-0.15, -0.1) is 0 Å². The van der Waals surface area contributed by atoms with Crippen LogP contribution in [-0.2, 0) is 10.2 Å². The fraction of sp³-hybridized carbons (Fsp3) is 0.188. The van der Waals surface area contributed by atoms with E-state index in [4.69, 9.17) is 17.3 Å². The van der Waals surface area contributed by atoms with Crippen LogP contribution in [0.3, 0.4) is 0 Å². The van der Waals surface area contributed by atoms with Crippen LogP contribution in [0.25, 0.3) is 0 Å². The molecule has 0 heterocycles. The molecule has 4 rings (SSSR count). The summed E-state index contributed by atoms with van der Waals surface area (Å²) in [5.74, 6) is -0.693. The fourth-order valence-electron chi connectivity index (χ4n) is 3.83. The van der Waals surface area contributed by atoms with Crippen molar-refractivity contribution < 1.29 is 9.90 Å². The maximum atomic E-state index is 12.0. The molecule has 20 heavy (non-hydrogen) atoms. The smallest absolute Gasteiger partial charge is 0.318 e. The lowest BCUT2D eigenvalue weighted by atomic mass is 9.75. The molecule has 2 aromatic carbocycles. The molecule has 0 aliphatic heterocycles. The van der Waals surface area contributed by atoms with Crippen LogP contribution in [0.2, 0.25) is 5.02 Å². The summed E-state index contributed by atoms with van der Waals surface area (Å²) in [5, 5.41) is 10.5. The first-order chi connectivity index (χ1) is 9.54. The van der Waals surface area contributed by atoms with Crippen molar-refractivity contribution in [3.05, 3.63) is 63.7 Å². The Bertz CT molecular complexity index is 716. The van der Waals surface area contributed by atoms with Crippen molar-refractivity contribution in [2.75, 3.05) is 5.73 Å². The van der Waals surface area contributed by atoms with E-state index in [0.29, 0.717) is 17.1 Å². The lowest BCUT2D eigenvalue weighted by molar-refractivity contribution is -0.141. The Morgan fingerprint density at radius 3 is 2.55 bits per heavy atom. The summed E-state index contributed by atoms with van der Waals surface area (Å²) in [6.45, 7) is 0. The summed E-state index contributed by atoms with van der Waals surface area (Å²) in [6, 6.07) is 11.2. The van der Waals surface area contributed by atoms with Gasteiger partial charge >= 0.3 is 5.97 Å². The number of benzene rings is 2. The summed E-state index contributed by atoms with van der Waals surface area (Å²) < 4.78 is 0. The number of anilines is 1. The largest absolute Gasteiger partial charge is 0.480 e. The quantitative estimate of drug-likeness (QED) is 0.791. The Balaban J connectivity index is 2.09. The molecule has 0 spiro atoms. The zero-order chi connectivity index (χ0) is 14.1. The number of aliphatic carboxylic acids is 1. The van der Waals surface area contributed by atoms with Gasteiger partial charge in [-0.3, -0.25) is 4.79 Å². The van der Waals surface area contributed by atoms with Gasteiger partial charge in [0.05, 0.1) is 0 Å². The second kappa shape index (κ2) is 3.55. The van der Waals surface area contributed by atoms with E-state index in [1.165, 1.54) is 0 Å². The molecule has 0 saturated heterocycles. The van der Waals surface area contributed by atoms with Gasteiger partial charge in [0.15, 0.2) is 0 Å². The van der Waals surface area contributed by atoms with Gasteiger partial charge < -0.3 is 10.8 Å². The average molecular weight is 286 g/mol. The first kappa shape index (κ1) is 11.8. The summed E-state index contributed by atoms with van der Waals surface area (Å²) in [4.78, 5) is 12.0. The zero-order valence-corrected chi connectivity index (χ0v) is 11.3. The molecule has 0 radical (unpaired) electrons. The molecule has 100 valence electrons. The van der Waals surface area contributed by atoms with Crippen molar-refractivity contribution in [3.8, 4) is 0 Å². The number of hydrogen-bond donors (Lipinski definition) is 2. The van der Waals surface area contributed by atoms with Gasteiger partial charge in [0.25, 0.3) is 0 Å². The maximum absolute atomic E-state index is 12.0. The summed E-state index contributed by atoms with van der Waals surface area (Å²) >= 11 is 6.07. The van der Waals surface area contributed by atoms with Gasteiger partial charge in [-0.1, -0.05) is 23.7 Å². The second-order valence-electron chi connectivity index (χ2n) is 5.55. The van der Waals surface area contributed by atoms with Crippen molar-refractivity contribution in [1.82, 2.24) is 0 Å². The molecule has 2 atom stereocenters. The molecule has 2 bridgehead atoms. The number of carboxylic acids is 1. The maximum Gasteiger partial charge on any atom is 0.318 e. The highest BCUT2D eigenvalue weighted by Crippen LogP contribution is 2.60. The van der Waals surface area contributed by atoms with E-state index in [-0.39, 0.29) is 5.92 Å². The molecule has 3 N–H and O–H groups in total. The topological polar surface area (TPSA) is 63.3 Å². The van der Waals surface area contributed by atoms with Crippen molar-refractivity contribution in [2.24, 2.45) is 0 Å². The predicted molar refractivity (Wildman–Crippen MR) is 77.2 cm³/mol. The predicted octanol–water partition coefficient (Wildman–Crippen LogP) is 3.14. The molecule has 2 aliphatic rings. The summed E-state index contributed by atoms with van der Waals surface area (Å²) in [7, 11) is 0. The Morgan fingerprint density at radius 1 is 1.20 bits per heavy atom. The van der Waals surface area contributed by atoms with Gasteiger partial charge in [0.1, 0.15) is 5.41 Å². The number of carboxylic acid groups (broad SMARTS) is 1. The highest BCUT2D eigenvalue weighted by atomic mass is 35.5. The van der Waals surface area contributed by atoms with Gasteiger partial charge in [-0.25, -0.2) is 0 Å². The number of nitrogens with two attached hydrogens (primary N) is 1. The lowest BCUT2D eigenvalue weighted by Crippen LogP contribution is -2.33. The summed E-state index contributed by atoms with van der Waals surface area (Å²) in [5.41, 5.74) is 9.26. The van der Waals surface area contributed by atoms with Crippen LogP contribution in [0.5, 0.6) is 0 Å². The minimum absolute atomic E-state index is 0.133. The Morgan fingerprint density at radius 2 is 1.85 bits per heavy atom. The van der Waals surface area contributed by atoms with E-state index in [2.05, 4.69) is 0 Å². The zero-order valence-electron chi connectivity index (χ0n) is 10.6. The Hall–Kier alpha value is -2.00. The van der Waals surface area contributed by atoms with Gasteiger partial charge in [0, 0.05) is 16.6 Å². The minimum Gasteiger partial charge on any atom is -0.480 e. The highest BCUT2D eigenvalue weighted by Gasteiger charge is 2.57. The molecule has 2 unspecified atom stereocenters. The van der Waals surface area contributed by atoms with Crippen LogP contribution in [0.1, 0.15) is 34.6 Å². The number of rotatable bonds is 1. The van der Waals surface area contributed by atoms with Crippen LogP contribution >= 0.6 is 11.6 Å². The van der Waals surface area contributed by atoms with E-state index in [1.54, 1.807) is 12.1 Å². The van der Waals surface area contributed by atoms with Crippen LogP contribution < -0.4 is 5.73 Å². The van der Waals surface area contributed by atoms with Crippen LogP contribution in [0.4, 0.5) is 5.69 Å². The Kier molecular flexibility index (Phi) is 2.10. The van der Waals surface area contributed by atoms with Crippen molar-refractivity contribution in [1.29, 1.82) is 0 Å². The molecule has 3 nitrogen and oxygen atoms in total. The third kappa shape index (κ3) is 1.19. The van der Waals surface area contributed by atoms with Gasteiger partial charge in [-0.05, 0) is 52.9 Å². The molecule has 0 amide bonds. The molecular formula is C16H12ClNO2. The molecule has 2 aliphatic carbocycles. The third-order valence-corrected chi connectivity index (χ3v) is 4.87. The fourth-order valence-corrected chi connectivity index (χ4v) is 4.00. The molecule has 4 heteroatoms. The van der Waals surface area contributed by atoms with Gasteiger partial charge in [0.2, 0.25) is 0 Å². The van der Waals surface area contributed by atoms with E-state index >= 15 is 0 Å². The number of carbonyl (C=O) groups is 1. The first-order valence-electron chi connectivity index (χ1n) is 6.47. The number of nitrogen functional groups attached to an aromatic ring is 1. The summed E-state index contributed by atoms with van der Waals surface area (Å²) in [6.07, 6.45) is 0.566. The molecule has 2 aromatic rings. The molecule has 0 aromatic heterocycles. The van der Waals surface area contributed by atoms with Crippen LogP contribution in [-0.4, -0.2) is 11.1 Å². The van der Waals surface area contributed by atoms with Crippen molar-refractivity contribution in [2.45, 2.75) is 17.8 Å². The Labute approximate surface area is 121 Å². The number of halogens is 1. The van der Waals surface area contributed by atoms with Crippen molar-refractivity contribution in [3.63, 3.8) is 0 Å². The number of hydrogen-bond acceptors (Lipinski definition) is 2. The molecule has 0 saturated carbocycles. The standard InChI is InChI=1S/C16H12ClNO2/c17-8-1-3-10-12-7-16(15(19)20,13(10)5-8)14-6-9(18)2-4-11(12)14/h1-6,12H,7,18H2,(H,19,20). The monoisotopic (exact) mass is 285 g/mol. The molecular weight excluding hydrogens is 274 g/mol. The van der Waals surface area contributed by atoms with Crippen LogP contribution in [0.15, 0.2) is 36.4 Å². The third-order valence-electron chi connectivity index (χ3n) is 4.64. The van der Waals surface area contributed by atoms with E-state index in [0.717, 1.165) is 22.3 Å². The first-order valence-corrected chi connectivity index (χ1v) is 6.85. The average Bonchev–Trinajstić information content (AvgIpc) is 2.91. The van der Waals surface area contributed by atoms with Crippen molar-refractivity contribution >= 4 is 23.3 Å². The van der Waals surface area contributed by atoms with E-state index < -0.39 is 11.4 Å². The second-order valence-corrected chi connectivity index (χ2v) is 5.98.